The Morgan fingerprint density at radius 1 is 1.12 bits per heavy atom. The number of carbonyl (C=O) groups excluding carboxylic acids is 1. The molecule has 0 aliphatic carbocycles. The third-order valence-electron chi connectivity index (χ3n) is 5.83. The molecular formula is C23H22N2O7. The number of hydrogen-bond acceptors (Lipinski definition) is 7. The Morgan fingerprint density at radius 2 is 1.97 bits per heavy atom. The summed E-state index contributed by atoms with van der Waals surface area (Å²) in [6, 6.07) is 8.58. The number of likely N-dealkylation sites (tertiary alicyclic amines) is 1. The van der Waals surface area contributed by atoms with Gasteiger partial charge in [0.1, 0.15) is 19.0 Å². The normalized spacial score (nSPS) is 19.5. The molecule has 0 saturated carbocycles. The summed E-state index contributed by atoms with van der Waals surface area (Å²) in [7, 11) is 0. The summed E-state index contributed by atoms with van der Waals surface area (Å²) in [5, 5.41) is 11.3. The summed E-state index contributed by atoms with van der Waals surface area (Å²) >= 11 is 0. The first kappa shape index (κ1) is 20.3. The lowest BCUT2D eigenvalue weighted by atomic mass is 10.0. The van der Waals surface area contributed by atoms with Crippen molar-refractivity contribution < 1.29 is 28.7 Å². The fraction of sp³-hybridized carbons (Fsp3) is 0.348. The van der Waals surface area contributed by atoms with Crippen molar-refractivity contribution in [3.8, 4) is 17.2 Å². The second-order valence-corrected chi connectivity index (χ2v) is 7.82. The Labute approximate surface area is 184 Å². The SMILES string of the molecule is O=C(/C=C/c1cc([N+](=O)[O-])cc2c1OCOC2)N1CCCC1c1ccc2c(c1)OCCO2. The molecule has 1 saturated heterocycles. The number of carbonyl (C=O) groups is 1. The second kappa shape index (κ2) is 8.51. The van der Waals surface area contributed by atoms with Gasteiger partial charge in [0.25, 0.3) is 5.69 Å². The molecule has 166 valence electrons. The van der Waals surface area contributed by atoms with Crippen LogP contribution in [0.5, 0.6) is 17.2 Å². The third kappa shape index (κ3) is 3.87. The van der Waals surface area contributed by atoms with Crippen molar-refractivity contribution >= 4 is 17.7 Å². The predicted octanol–water partition coefficient (Wildman–Crippen LogP) is 3.61. The molecule has 1 fully saturated rings. The first-order valence-electron chi connectivity index (χ1n) is 10.5. The number of benzene rings is 2. The van der Waals surface area contributed by atoms with Crippen LogP contribution in [0.25, 0.3) is 6.08 Å². The maximum absolute atomic E-state index is 13.1. The van der Waals surface area contributed by atoms with E-state index in [-0.39, 0.29) is 31.0 Å². The summed E-state index contributed by atoms with van der Waals surface area (Å²) in [5.74, 6) is 1.77. The van der Waals surface area contributed by atoms with Gasteiger partial charge in [0, 0.05) is 35.9 Å². The molecule has 0 aromatic heterocycles. The molecule has 2 aromatic carbocycles. The van der Waals surface area contributed by atoms with E-state index in [1.54, 1.807) is 6.08 Å². The van der Waals surface area contributed by atoms with Gasteiger partial charge < -0.3 is 23.8 Å². The average Bonchev–Trinajstić information content (AvgIpc) is 3.32. The third-order valence-corrected chi connectivity index (χ3v) is 5.83. The van der Waals surface area contributed by atoms with Crippen molar-refractivity contribution in [1.82, 2.24) is 4.90 Å². The number of nitro benzene ring substituents is 1. The number of non-ortho nitro benzene ring substituents is 1. The van der Waals surface area contributed by atoms with E-state index in [0.29, 0.717) is 42.4 Å². The van der Waals surface area contributed by atoms with Gasteiger partial charge in [-0.25, -0.2) is 0 Å². The van der Waals surface area contributed by atoms with Gasteiger partial charge in [0.15, 0.2) is 18.3 Å². The van der Waals surface area contributed by atoms with Gasteiger partial charge >= 0.3 is 0 Å². The van der Waals surface area contributed by atoms with E-state index in [0.717, 1.165) is 24.2 Å². The number of hydrogen-bond donors (Lipinski definition) is 0. The van der Waals surface area contributed by atoms with Crippen molar-refractivity contribution in [2.45, 2.75) is 25.5 Å². The number of nitrogens with zero attached hydrogens (tertiary/aromatic N) is 2. The lowest BCUT2D eigenvalue weighted by Crippen LogP contribution is -2.29. The predicted molar refractivity (Wildman–Crippen MR) is 114 cm³/mol. The molecule has 0 spiro atoms. The number of rotatable bonds is 4. The highest BCUT2D eigenvalue weighted by atomic mass is 16.7. The van der Waals surface area contributed by atoms with Crippen LogP contribution in [0.2, 0.25) is 0 Å². The second-order valence-electron chi connectivity index (χ2n) is 7.82. The van der Waals surface area contributed by atoms with Crippen LogP contribution in [0.15, 0.2) is 36.4 Å². The number of ether oxygens (including phenoxy) is 4. The highest BCUT2D eigenvalue weighted by molar-refractivity contribution is 5.93. The standard InChI is InChI=1S/C23H22N2O7/c26-22(6-4-16-10-18(25(27)28)11-17-13-29-14-32-23(16)17)24-7-1-2-19(24)15-3-5-20-21(12-15)31-9-8-30-20/h3-6,10-12,19H,1-2,7-9,13-14H2/b6-4+. The molecule has 0 N–H and O–H groups in total. The Balaban J connectivity index is 1.39. The first-order chi connectivity index (χ1) is 15.6. The molecule has 3 aliphatic rings. The highest BCUT2D eigenvalue weighted by Gasteiger charge is 2.30. The van der Waals surface area contributed by atoms with Crippen molar-refractivity contribution in [3.05, 3.63) is 63.2 Å². The minimum absolute atomic E-state index is 0.0633. The Bertz CT molecular complexity index is 1100. The van der Waals surface area contributed by atoms with Gasteiger partial charge in [-0.3, -0.25) is 14.9 Å². The van der Waals surface area contributed by atoms with Crippen LogP contribution in [-0.2, 0) is 16.1 Å². The Kier molecular flexibility index (Phi) is 5.40. The Morgan fingerprint density at radius 3 is 2.81 bits per heavy atom. The van der Waals surface area contributed by atoms with Crippen LogP contribution in [0, 0.1) is 10.1 Å². The molecule has 0 radical (unpaired) electrons. The largest absolute Gasteiger partial charge is 0.486 e. The van der Waals surface area contributed by atoms with Crippen LogP contribution in [0.1, 0.15) is 35.6 Å². The van der Waals surface area contributed by atoms with E-state index in [1.807, 2.05) is 23.1 Å². The van der Waals surface area contributed by atoms with Crippen molar-refractivity contribution in [2.24, 2.45) is 0 Å². The summed E-state index contributed by atoms with van der Waals surface area (Å²) in [5.41, 5.74) is 2.01. The number of fused-ring (bicyclic) bond motifs is 2. The van der Waals surface area contributed by atoms with E-state index >= 15 is 0 Å². The smallest absolute Gasteiger partial charge is 0.270 e. The zero-order chi connectivity index (χ0) is 22.1. The molecule has 2 aromatic rings. The average molecular weight is 438 g/mol. The summed E-state index contributed by atoms with van der Waals surface area (Å²) < 4.78 is 22.1. The fourth-order valence-corrected chi connectivity index (χ4v) is 4.36. The monoisotopic (exact) mass is 438 g/mol. The maximum Gasteiger partial charge on any atom is 0.270 e. The molecule has 1 amide bonds. The van der Waals surface area contributed by atoms with E-state index in [2.05, 4.69) is 0 Å². The molecule has 9 nitrogen and oxygen atoms in total. The van der Waals surface area contributed by atoms with E-state index < -0.39 is 4.92 Å². The highest BCUT2D eigenvalue weighted by Crippen LogP contribution is 2.38. The van der Waals surface area contributed by atoms with Crippen LogP contribution < -0.4 is 14.2 Å². The summed E-state index contributed by atoms with van der Waals surface area (Å²) in [6.45, 7) is 1.97. The van der Waals surface area contributed by atoms with Crippen LogP contribution in [0.3, 0.4) is 0 Å². The number of nitro groups is 1. The van der Waals surface area contributed by atoms with Gasteiger partial charge in [0.05, 0.1) is 17.6 Å². The topological polar surface area (TPSA) is 100 Å². The van der Waals surface area contributed by atoms with Crippen molar-refractivity contribution in [2.75, 3.05) is 26.6 Å². The molecule has 1 unspecified atom stereocenters. The molecule has 3 heterocycles. The molecule has 3 aliphatic heterocycles. The lowest BCUT2D eigenvalue weighted by Gasteiger charge is -2.26. The molecule has 1 atom stereocenters. The van der Waals surface area contributed by atoms with Gasteiger partial charge in [-0.2, -0.15) is 0 Å². The van der Waals surface area contributed by atoms with E-state index in [4.69, 9.17) is 18.9 Å². The molecule has 0 bridgehead atoms. The summed E-state index contributed by atoms with van der Waals surface area (Å²) in [6.07, 6.45) is 4.78. The Hall–Kier alpha value is -3.59. The molecule has 32 heavy (non-hydrogen) atoms. The van der Waals surface area contributed by atoms with Crippen LogP contribution in [0.4, 0.5) is 5.69 Å². The molecular weight excluding hydrogens is 416 g/mol. The fourth-order valence-electron chi connectivity index (χ4n) is 4.36. The first-order valence-corrected chi connectivity index (χ1v) is 10.5. The quantitative estimate of drug-likeness (QED) is 0.408. The maximum atomic E-state index is 13.1. The molecule has 9 heteroatoms. The van der Waals surface area contributed by atoms with Gasteiger partial charge in [0.2, 0.25) is 5.91 Å². The van der Waals surface area contributed by atoms with Crippen LogP contribution >= 0.6 is 0 Å². The zero-order valence-corrected chi connectivity index (χ0v) is 17.3. The van der Waals surface area contributed by atoms with E-state index in [9.17, 15) is 14.9 Å². The minimum Gasteiger partial charge on any atom is -0.486 e. The van der Waals surface area contributed by atoms with Crippen molar-refractivity contribution in [3.63, 3.8) is 0 Å². The van der Waals surface area contributed by atoms with Crippen molar-refractivity contribution in [1.29, 1.82) is 0 Å². The minimum atomic E-state index is -0.466. The molecule has 5 rings (SSSR count). The van der Waals surface area contributed by atoms with Gasteiger partial charge in [-0.05, 0) is 36.6 Å². The zero-order valence-electron chi connectivity index (χ0n) is 17.3. The summed E-state index contributed by atoms with van der Waals surface area (Å²) in [4.78, 5) is 25.7. The van der Waals surface area contributed by atoms with Gasteiger partial charge in [-0.15, -0.1) is 0 Å². The number of amides is 1. The van der Waals surface area contributed by atoms with E-state index in [1.165, 1.54) is 18.2 Å². The lowest BCUT2D eigenvalue weighted by molar-refractivity contribution is -0.385. The van der Waals surface area contributed by atoms with Gasteiger partial charge in [-0.1, -0.05) is 6.07 Å². The van der Waals surface area contributed by atoms with Crippen LogP contribution in [-0.4, -0.2) is 42.3 Å².